The highest BCUT2D eigenvalue weighted by Crippen LogP contribution is 2.31. The molecule has 198 valence electrons. The molecule has 3 rings (SSSR count). The fourth-order valence-electron chi connectivity index (χ4n) is 3.16. The Hall–Kier alpha value is -4.87. The van der Waals surface area contributed by atoms with E-state index in [0.29, 0.717) is 17.4 Å². The highest BCUT2D eigenvalue weighted by molar-refractivity contribution is 6.39. The fourth-order valence-corrected chi connectivity index (χ4v) is 3.16. The van der Waals surface area contributed by atoms with Crippen LogP contribution in [0.5, 0.6) is 17.2 Å². The average Bonchev–Trinajstić information content (AvgIpc) is 2.91. The number of para-hydroxylation sites is 1. The van der Waals surface area contributed by atoms with E-state index in [1.54, 1.807) is 30.3 Å². The molecule has 3 aromatic rings. The normalized spacial score (nSPS) is 11.4. The number of hydrogen-bond donors (Lipinski definition) is 2. The molecule has 2 N–H and O–H groups in total. The summed E-state index contributed by atoms with van der Waals surface area (Å²) in [5.41, 5.74) is 1.78. The number of carbonyl (C=O) groups is 3. The van der Waals surface area contributed by atoms with Crippen molar-refractivity contribution in [1.29, 1.82) is 0 Å². The van der Waals surface area contributed by atoms with Gasteiger partial charge in [0.1, 0.15) is 11.3 Å². The number of nitrogens with zero attached hydrogens (tertiary/aromatic N) is 1. The van der Waals surface area contributed by atoms with E-state index >= 15 is 0 Å². The van der Waals surface area contributed by atoms with E-state index in [0.717, 1.165) is 12.1 Å². The molecule has 0 atom stereocenters. The molecule has 12 heteroatoms. The van der Waals surface area contributed by atoms with Crippen LogP contribution >= 0.6 is 0 Å². The summed E-state index contributed by atoms with van der Waals surface area (Å²) in [6.07, 6.45) is -4.60. The summed E-state index contributed by atoms with van der Waals surface area (Å²) in [5.74, 6) is -2.44. The first-order valence-electron chi connectivity index (χ1n) is 10.9. The van der Waals surface area contributed by atoms with Crippen molar-refractivity contribution in [2.45, 2.75) is 13.1 Å². The van der Waals surface area contributed by atoms with Crippen molar-refractivity contribution in [2.75, 3.05) is 19.5 Å². The van der Waals surface area contributed by atoms with E-state index in [2.05, 4.69) is 10.4 Å². The van der Waals surface area contributed by atoms with Gasteiger partial charge in [-0.25, -0.2) is 10.2 Å². The molecular weight excluding hydrogens is 507 g/mol. The third-order valence-corrected chi connectivity index (χ3v) is 5.09. The molecule has 0 aliphatic heterocycles. The van der Waals surface area contributed by atoms with Crippen LogP contribution in [0, 0.1) is 0 Å². The second-order valence-corrected chi connectivity index (χ2v) is 7.63. The smallest absolute Gasteiger partial charge is 0.416 e. The first-order valence-corrected chi connectivity index (χ1v) is 10.9. The summed E-state index contributed by atoms with van der Waals surface area (Å²) in [4.78, 5) is 36.8. The molecule has 0 radical (unpaired) electrons. The summed E-state index contributed by atoms with van der Waals surface area (Å²) >= 11 is 0. The minimum absolute atomic E-state index is 0.115. The number of carbonyl (C=O) groups excluding carboxylic acids is 3. The van der Waals surface area contributed by atoms with Crippen molar-refractivity contribution < 1.29 is 41.8 Å². The van der Waals surface area contributed by atoms with E-state index in [9.17, 15) is 27.6 Å². The van der Waals surface area contributed by atoms with Gasteiger partial charge in [-0.2, -0.15) is 18.3 Å². The van der Waals surface area contributed by atoms with Crippen molar-refractivity contribution in [3.05, 3.63) is 83.4 Å². The highest BCUT2D eigenvalue weighted by atomic mass is 19.4. The highest BCUT2D eigenvalue weighted by Gasteiger charge is 2.30. The molecule has 0 bridgehead atoms. The fraction of sp³-hybridized carbons (Fsp3) is 0.154. The molecule has 0 saturated heterocycles. The number of methoxy groups -OCH3 is 2. The van der Waals surface area contributed by atoms with Gasteiger partial charge in [0.05, 0.1) is 25.5 Å². The van der Waals surface area contributed by atoms with Crippen LogP contribution in [-0.2, 0) is 15.8 Å². The largest absolute Gasteiger partial charge is 0.496 e. The number of amides is 2. The zero-order valence-corrected chi connectivity index (χ0v) is 20.4. The predicted molar refractivity (Wildman–Crippen MR) is 131 cm³/mol. The van der Waals surface area contributed by atoms with E-state index in [1.807, 2.05) is 5.43 Å². The van der Waals surface area contributed by atoms with E-state index < -0.39 is 29.5 Å². The first-order chi connectivity index (χ1) is 18.0. The number of hydrogen-bond acceptors (Lipinski definition) is 7. The van der Waals surface area contributed by atoms with Gasteiger partial charge in [0.2, 0.25) is 0 Å². The maximum absolute atomic E-state index is 12.8. The topological polar surface area (TPSA) is 115 Å². The van der Waals surface area contributed by atoms with Gasteiger partial charge in [-0.05, 0) is 55.5 Å². The molecule has 0 spiro atoms. The molecule has 3 aromatic carbocycles. The van der Waals surface area contributed by atoms with Crippen molar-refractivity contribution in [2.24, 2.45) is 5.10 Å². The van der Waals surface area contributed by atoms with Crippen LogP contribution in [-0.4, -0.2) is 37.7 Å². The van der Waals surface area contributed by atoms with Crippen LogP contribution in [0.4, 0.5) is 18.9 Å². The van der Waals surface area contributed by atoms with Crippen LogP contribution in [0.15, 0.2) is 71.8 Å². The number of ether oxygens (including phenoxy) is 3. The predicted octanol–water partition coefficient (Wildman–Crippen LogP) is 4.42. The van der Waals surface area contributed by atoms with Gasteiger partial charge in [0.25, 0.3) is 0 Å². The number of nitrogens with one attached hydrogen (secondary N) is 2. The van der Waals surface area contributed by atoms with Crippen LogP contribution in [0.25, 0.3) is 0 Å². The van der Waals surface area contributed by atoms with Gasteiger partial charge in [-0.1, -0.05) is 18.2 Å². The Labute approximate surface area is 215 Å². The number of hydrazone groups is 1. The molecule has 2 amide bonds. The first kappa shape index (κ1) is 27.7. The summed E-state index contributed by atoms with van der Waals surface area (Å²) in [6, 6.07) is 14.9. The van der Waals surface area contributed by atoms with E-state index in [4.69, 9.17) is 14.2 Å². The summed E-state index contributed by atoms with van der Waals surface area (Å²) in [7, 11) is 2.79. The lowest BCUT2D eigenvalue weighted by Crippen LogP contribution is -2.33. The maximum Gasteiger partial charge on any atom is 0.416 e. The van der Waals surface area contributed by atoms with Crippen LogP contribution in [0.1, 0.15) is 28.4 Å². The van der Waals surface area contributed by atoms with Crippen molar-refractivity contribution in [1.82, 2.24) is 5.43 Å². The third kappa shape index (κ3) is 6.87. The minimum Gasteiger partial charge on any atom is -0.496 e. The lowest BCUT2D eigenvalue weighted by atomic mass is 10.1. The zero-order valence-electron chi connectivity index (χ0n) is 20.4. The molecule has 0 saturated carbocycles. The van der Waals surface area contributed by atoms with Crippen molar-refractivity contribution in [3.8, 4) is 17.2 Å². The quantitative estimate of drug-likeness (QED) is 0.154. The maximum atomic E-state index is 12.8. The van der Waals surface area contributed by atoms with Crippen LogP contribution in [0.2, 0.25) is 0 Å². The van der Waals surface area contributed by atoms with Gasteiger partial charge in [0, 0.05) is 11.3 Å². The molecule has 9 nitrogen and oxygen atoms in total. The van der Waals surface area contributed by atoms with Crippen molar-refractivity contribution >= 4 is 29.2 Å². The second kappa shape index (κ2) is 11.9. The molecule has 0 heterocycles. The van der Waals surface area contributed by atoms with Crippen molar-refractivity contribution in [3.63, 3.8) is 0 Å². The Kier molecular flexibility index (Phi) is 8.69. The number of benzene rings is 3. The van der Waals surface area contributed by atoms with Crippen LogP contribution < -0.4 is 25.0 Å². The SMILES string of the molecule is COc1cc(/C(C)=N/NC(=O)C(=O)Nc2cccc(C(F)(F)F)c2)ccc1OC(=O)c1ccccc1OC. The molecular formula is C26H22F3N3O6. The number of anilines is 1. The molecule has 38 heavy (non-hydrogen) atoms. The Morgan fingerprint density at radius 1 is 0.816 bits per heavy atom. The summed E-state index contributed by atoms with van der Waals surface area (Å²) < 4.78 is 54.4. The van der Waals surface area contributed by atoms with E-state index in [-0.39, 0.29) is 28.5 Å². The molecule has 0 aliphatic carbocycles. The Morgan fingerprint density at radius 2 is 1.53 bits per heavy atom. The van der Waals surface area contributed by atoms with Crippen LogP contribution in [0.3, 0.4) is 0 Å². The average molecular weight is 529 g/mol. The Morgan fingerprint density at radius 3 is 2.21 bits per heavy atom. The van der Waals surface area contributed by atoms with Gasteiger partial charge in [-0.15, -0.1) is 0 Å². The number of alkyl halides is 3. The Bertz CT molecular complexity index is 1390. The van der Waals surface area contributed by atoms with E-state index in [1.165, 1.54) is 39.3 Å². The monoisotopic (exact) mass is 529 g/mol. The van der Waals surface area contributed by atoms with Gasteiger partial charge in [0.15, 0.2) is 11.5 Å². The number of halogens is 3. The third-order valence-electron chi connectivity index (χ3n) is 5.09. The zero-order chi connectivity index (χ0) is 27.9. The van der Waals surface area contributed by atoms with Gasteiger partial charge < -0.3 is 19.5 Å². The molecule has 0 fully saturated rings. The Balaban J connectivity index is 1.68. The van der Waals surface area contributed by atoms with Gasteiger partial charge >= 0.3 is 24.0 Å². The standard InChI is InChI=1S/C26H22F3N3O6/c1-15(31-32-24(34)23(33)30-18-8-6-7-17(14-18)26(27,28)29)16-11-12-21(22(13-16)37-3)38-25(35)19-9-4-5-10-20(19)36-2/h4-14H,1-3H3,(H,30,33)(H,32,34)/b31-15+. The lowest BCUT2D eigenvalue weighted by molar-refractivity contribution is -0.137. The number of esters is 1. The van der Waals surface area contributed by atoms with Gasteiger partial charge in [-0.3, -0.25) is 9.59 Å². The lowest BCUT2D eigenvalue weighted by Gasteiger charge is -2.12. The summed E-state index contributed by atoms with van der Waals surface area (Å²) in [5, 5.41) is 5.93. The second-order valence-electron chi connectivity index (χ2n) is 7.63. The minimum atomic E-state index is -4.60. The number of rotatable bonds is 7. The summed E-state index contributed by atoms with van der Waals surface area (Å²) in [6.45, 7) is 1.53. The molecule has 0 aliphatic rings. The molecule has 0 unspecified atom stereocenters. The molecule has 0 aromatic heterocycles.